The van der Waals surface area contributed by atoms with Gasteiger partial charge in [-0.05, 0) is 82.1 Å². The molecule has 1 heterocycles. The molecule has 0 spiro atoms. The second-order valence-corrected chi connectivity index (χ2v) is 7.81. The van der Waals surface area contributed by atoms with Gasteiger partial charge in [-0.2, -0.15) is 0 Å². The summed E-state index contributed by atoms with van der Waals surface area (Å²) in [4.78, 5) is 14.1. The van der Waals surface area contributed by atoms with Gasteiger partial charge in [0, 0.05) is 6.54 Å². The van der Waals surface area contributed by atoms with Gasteiger partial charge >= 0.3 is 6.09 Å². The molecule has 6 heteroatoms. The summed E-state index contributed by atoms with van der Waals surface area (Å²) in [7, 11) is 0. The molecule has 0 saturated carbocycles. The van der Waals surface area contributed by atoms with E-state index in [1.807, 2.05) is 32.9 Å². The minimum Gasteiger partial charge on any atom is -0.491 e. The van der Waals surface area contributed by atoms with Gasteiger partial charge in [0.05, 0.1) is 6.04 Å². The Labute approximate surface area is 165 Å². The molecule has 1 amide bonds. The predicted octanol–water partition coefficient (Wildman–Crippen LogP) is 5.40. The van der Waals surface area contributed by atoms with Crippen molar-refractivity contribution in [2.45, 2.75) is 45.3 Å². The summed E-state index contributed by atoms with van der Waals surface area (Å²) in [5.74, 6) is 1.59. The molecular formula is C22H26FNO4. The fourth-order valence-electron chi connectivity index (χ4n) is 3.00. The van der Waals surface area contributed by atoms with E-state index in [4.69, 9.17) is 14.2 Å². The molecule has 2 aromatic rings. The maximum atomic E-state index is 12.9. The van der Waals surface area contributed by atoms with Crippen LogP contribution < -0.4 is 9.47 Å². The molecule has 1 atom stereocenters. The van der Waals surface area contributed by atoms with Gasteiger partial charge in [-0.25, -0.2) is 9.18 Å². The van der Waals surface area contributed by atoms with Crippen molar-refractivity contribution >= 4 is 6.09 Å². The van der Waals surface area contributed by atoms with Crippen molar-refractivity contribution in [3.05, 3.63) is 54.3 Å². The van der Waals surface area contributed by atoms with Crippen molar-refractivity contribution in [1.29, 1.82) is 0 Å². The van der Waals surface area contributed by atoms with Gasteiger partial charge < -0.3 is 19.1 Å². The van der Waals surface area contributed by atoms with Crippen molar-refractivity contribution in [3.8, 4) is 17.2 Å². The molecule has 28 heavy (non-hydrogen) atoms. The van der Waals surface area contributed by atoms with E-state index in [2.05, 4.69) is 0 Å². The van der Waals surface area contributed by atoms with Crippen molar-refractivity contribution in [2.24, 2.45) is 0 Å². The number of likely N-dealkylation sites (tertiary alicyclic amines) is 1. The van der Waals surface area contributed by atoms with E-state index < -0.39 is 5.60 Å². The number of rotatable bonds is 5. The molecule has 3 rings (SSSR count). The largest absolute Gasteiger partial charge is 0.491 e. The molecule has 1 saturated heterocycles. The molecule has 0 radical (unpaired) electrons. The van der Waals surface area contributed by atoms with Crippen molar-refractivity contribution < 1.29 is 23.4 Å². The maximum Gasteiger partial charge on any atom is 0.410 e. The number of amides is 1. The lowest BCUT2D eigenvalue weighted by molar-refractivity contribution is 0.0187. The highest BCUT2D eigenvalue weighted by Gasteiger charge is 2.32. The number of hydrogen-bond acceptors (Lipinski definition) is 4. The van der Waals surface area contributed by atoms with Crippen LogP contribution in [0, 0.1) is 5.82 Å². The minimum atomic E-state index is -0.508. The van der Waals surface area contributed by atoms with Crippen LogP contribution in [0.25, 0.3) is 0 Å². The zero-order valence-corrected chi connectivity index (χ0v) is 16.5. The number of carbonyl (C=O) groups excluding carboxylic acids is 1. The smallest absolute Gasteiger partial charge is 0.410 e. The Morgan fingerprint density at radius 3 is 2.21 bits per heavy atom. The fraction of sp³-hybridized carbons (Fsp3) is 0.409. The van der Waals surface area contributed by atoms with Gasteiger partial charge in [0.15, 0.2) is 0 Å². The SMILES string of the molecule is CC(C)(C)OC(=O)N1CCC[C@@H]1COc1ccc(Oc2ccc(F)cc2)cc1. The van der Waals surface area contributed by atoms with Crippen LogP contribution >= 0.6 is 0 Å². The lowest BCUT2D eigenvalue weighted by Gasteiger charge is -2.28. The highest BCUT2D eigenvalue weighted by atomic mass is 19.1. The zero-order chi connectivity index (χ0) is 20.1. The summed E-state index contributed by atoms with van der Waals surface area (Å²) in [6.07, 6.45) is 1.55. The van der Waals surface area contributed by atoms with Crippen LogP contribution in [0.3, 0.4) is 0 Å². The number of halogens is 1. The number of hydrogen-bond donors (Lipinski definition) is 0. The number of ether oxygens (including phenoxy) is 3. The molecular weight excluding hydrogens is 361 g/mol. The Morgan fingerprint density at radius 2 is 1.61 bits per heavy atom. The first-order valence-corrected chi connectivity index (χ1v) is 9.46. The van der Waals surface area contributed by atoms with E-state index in [0.717, 1.165) is 12.8 Å². The monoisotopic (exact) mass is 387 g/mol. The third kappa shape index (κ3) is 5.62. The topological polar surface area (TPSA) is 48.0 Å². The van der Waals surface area contributed by atoms with E-state index in [1.54, 1.807) is 29.2 Å². The van der Waals surface area contributed by atoms with E-state index in [-0.39, 0.29) is 18.0 Å². The Morgan fingerprint density at radius 1 is 1.04 bits per heavy atom. The molecule has 1 fully saturated rings. The molecule has 1 aliphatic rings. The third-order valence-corrected chi connectivity index (χ3v) is 4.32. The second kappa shape index (κ2) is 8.50. The fourth-order valence-corrected chi connectivity index (χ4v) is 3.00. The van der Waals surface area contributed by atoms with Crippen LogP contribution in [0.2, 0.25) is 0 Å². The number of nitrogens with zero attached hydrogens (tertiary/aromatic N) is 1. The molecule has 5 nitrogen and oxygen atoms in total. The molecule has 0 bridgehead atoms. The standard InChI is InChI=1S/C22H26FNO4/c1-22(2,3)28-21(25)24-14-4-5-17(24)15-26-18-10-12-20(13-11-18)27-19-8-6-16(23)7-9-19/h6-13,17H,4-5,14-15H2,1-3H3/t17-/m1/s1. The Bertz CT molecular complexity index is 784. The lowest BCUT2D eigenvalue weighted by Crippen LogP contribution is -2.42. The van der Waals surface area contributed by atoms with Crippen LogP contribution in [-0.2, 0) is 4.74 Å². The summed E-state index contributed by atoms with van der Waals surface area (Å²) in [5, 5.41) is 0. The van der Waals surface area contributed by atoms with Gasteiger partial charge in [-0.15, -0.1) is 0 Å². The minimum absolute atomic E-state index is 0.00462. The van der Waals surface area contributed by atoms with Gasteiger partial charge in [0.25, 0.3) is 0 Å². The summed E-state index contributed by atoms with van der Waals surface area (Å²) >= 11 is 0. The number of carbonyl (C=O) groups is 1. The van der Waals surface area contributed by atoms with Gasteiger partial charge in [-0.1, -0.05) is 0 Å². The average Bonchev–Trinajstić information content (AvgIpc) is 3.10. The van der Waals surface area contributed by atoms with Crippen LogP contribution in [0.4, 0.5) is 9.18 Å². The first-order valence-electron chi connectivity index (χ1n) is 9.46. The lowest BCUT2D eigenvalue weighted by atomic mass is 10.2. The highest BCUT2D eigenvalue weighted by Crippen LogP contribution is 2.25. The van der Waals surface area contributed by atoms with E-state index in [0.29, 0.717) is 30.4 Å². The molecule has 0 unspecified atom stereocenters. The van der Waals surface area contributed by atoms with Crippen LogP contribution in [0.5, 0.6) is 17.2 Å². The van der Waals surface area contributed by atoms with Crippen LogP contribution in [0.15, 0.2) is 48.5 Å². The van der Waals surface area contributed by atoms with E-state index in [9.17, 15) is 9.18 Å². The van der Waals surface area contributed by atoms with Crippen LogP contribution in [-0.4, -0.2) is 35.8 Å². The van der Waals surface area contributed by atoms with Crippen molar-refractivity contribution in [2.75, 3.05) is 13.2 Å². The third-order valence-electron chi connectivity index (χ3n) is 4.32. The predicted molar refractivity (Wildman–Crippen MR) is 104 cm³/mol. The van der Waals surface area contributed by atoms with E-state index in [1.165, 1.54) is 12.1 Å². The quantitative estimate of drug-likeness (QED) is 0.690. The first-order chi connectivity index (χ1) is 13.3. The Kier molecular flexibility index (Phi) is 6.07. The summed E-state index contributed by atoms with van der Waals surface area (Å²) < 4.78 is 30.0. The van der Waals surface area contributed by atoms with Gasteiger partial charge in [0.1, 0.15) is 35.3 Å². The Balaban J connectivity index is 1.52. The molecule has 0 aliphatic carbocycles. The van der Waals surface area contributed by atoms with E-state index >= 15 is 0 Å². The Hall–Kier alpha value is -2.76. The molecule has 1 aliphatic heterocycles. The normalized spacial score (nSPS) is 16.7. The summed E-state index contributed by atoms with van der Waals surface area (Å²) in [5.41, 5.74) is -0.508. The molecule has 150 valence electrons. The highest BCUT2D eigenvalue weighted by molar-refractivity contribution is 5.69. The maximum absolute atomic E-state index is 12.9. The van der Waals surface area contributed by atoms with Crippen molar-refractivity contribution in [3.63, 3.8) is 0 Å². The van der Waals surface area contributed by atoms with Gasteiger partial charge in [0.2, 0.25) is 0 Å². The first kappa shape index (κ1) is 20.0. The average molecular weight is 387 g/mol. The second-order valence-electron chi connectivity index (χ2n) is 7.81. The molecule has 2 aromatic carbocycles. The molecule has 0 N–H and O–H groups in total. The van der Waals surface area contributed by atoms with Crippen molar-refractivity contribution in [1.82, 2.24) is 4.90 Å². The molecule has 0 aromatic heterocycles. The summed E-state index contributed by atoms with van der Waals surface area (Å²) in [6.45, 7) is 6.69. The zero-order valence-electron chi connectivity index (χ0n) is 16.5. The van der Waals surface area contributed by atoms with Crippen LogP contribution in [0.1, 0.15) is 33.6 Å². The summed E-state index contributed by atoms with van der Waals surface area (Å²) in [6, 6.07) is 13.1. The number of benzene rings is 2. The van der Waals surface area contributed by atoms with Gasteiger partial charge in [-0.3, -0.25) is 0 Å².